The van der Waals surface area contributed by atoms with E-state index in [0.717, 1.165) is 28.1 Å². The quantitative estimate of drug-likeness (QED) is 0.193. The van der Waals surface area contributed by atoms with Crippen LogP contribution in [-0.4, -0.2) is 9.97 Å². The van der Waals surface area contributed by atoms with Gasteiger partial charge in [0.15, 0.2) is 0 Å². The topological polar surface area (TPSA) is 25.8 Å². The number of pyridine rings is 2. The Morgan fingerprint density at radius 3 is 1.85 bits per heavy atom. The van der Waals surface area contributed by atoms with E-state index in [-0.39, 0.29) is 31.2 Å². The number of aryl methyl sites for hydroxylation is 2. The van der Waals surface area contributed by atoms with Crippen LogP contribution in [0, 0.1) is 31.7 Å². The minimum atomic E-state index is -2.48. The van der Waals surface area contributed by atoms with Gasteiger partial charge in [0.2, 0.25) is 0 Å². The summed E-state index contributed by atoms with van der Waals surface area (Å²) < 4.78 is 57.6. The monoisotopic (exact) mass is 629 g/mol. The largest absolute Gasteiger partial charge is 0.304 e. The van der Waals surface area contributed by atoms with E-state index in [0.29, 0.717) is 5.56 Å². The van der Waals surface area contributed by atoms with Gasteiger partial charge in [0.05, 0.1) is 0 Å². The van der Waals surface area contributed by atoms with Gasteiger partial charge in [0.1, 0.15) is 5.82 Å². The third-order valence-corrected chi connectivity index (χ3v) is 4.80. The molecule has 3 aromatic carbocycles. The van der Waals surface area contributed by atoms with Crippen LogP contribution < -0.4 is 0 Å². The first kappa shape index (κ1) is 17.9. The third-order valence-electron chi connectivity index (χ3n) is 4.80. The van der Waals surface area contributed by atoms with Gasteiger partial charge >= 0.3 is 0 Å². The predicted molar refractivity (Wildman–Crippen MR) is 132 cm³/mol. The summed E-state index contributed by atoms with van der Waals surface area (Å²) in [4.78, 5) is 8.50. The predicted octanol–water partition coefficient (Wildman–Crippen LogP) is 7.52. The summed E-state index contributed by atoms with van der Waals surface area (Å²) in [6.07, 6.45) is 3.04. The summed E-state index contributed by atoms with van der Waals surface area (Å²) in [5.41, 5.74) is 4.56. The maximum Gasteiger partial charge on any atom is 0.126 e. The Hall–Kier alpha value is -3.46. The van der Waals surface area contributed by atoms with Gasteiger partial charge in [0, 0.05) is 40.7 Å². The molecule has 34 heavy (non-hydrogen) atoms. The van der Waals surface area contributed by atoms with Crippen LogP contribution in [0.15, 0.2) is 103 Å². The number of hydrogen-bond acceptors (Lipinski definition) is 2. The Balaban J connectivity index is 0.000000229. The van der Waals surface area contributed by atoms with Crippen molar-refractivity contribution in [3.05, 3.63) is 132 Å². The number of halogens is 1. The molecule has 2 aromatic heterocycles. The molecule has 0 aliphatic heterocycles. The molecule has 0 saturated carbocycles. The summed E-state index contributed by atoms with van der Waals surface area (Å²) in [6, 6.07) is 32.1. The number of hydrogen-bond donors (Lipinski definition) is 0. The molecule has 1 radical (unpaired) electrons. The Kier molecular flexibility index (Phi) is 6.40. The van der Waals surface area contributed by atoms with Crippen LogP contribution in [0.2, 0.25) is 0 Å². The maximum absolute atomic E-state index is 13.7. The second kappa shape index (κ2) is 12.1. The molecule has 0 atom stereocenters. The molecule has 0 N–H and O–H groups in total. The van der Waals surface area contributed by atoms with E-state index in [1.165, 1.54) is 18.3 Å². The fourth-order valence-electron chi connectivity index (χ4n) is 3.09. The SMILES string of the molecule is [2H]C([2H])([2H])c1cc(-c2ccc(-c3[c-]cccc3)nc2)ccc1F.[2H]C([2H])([2H])c1ccc(-c2[c-]cccc2)nc1.[Ir]. The van der Waals surface area contributed by atoms with E-state index in [2.05, 4.69) is 22.1 Å². The van der Waals surface area contributed by atoms with Crippen molar-refractivity contribution in [3.8, 4) is 33.6 Å². The van der Waals surface area contributed by atoms with Gasteiger partial charge in [-0.1, -0.05) is 30.3 Å². The van der Waals surface area contributed by atoms with Gasteiger partial charge in [-0.05, 0) is 59.5 Å². The second-order valence-electron chi connectivity index (χ2n) is 7.11. The minimum absolute atomic E-state index is 0. The van der Waals surface area contributed by atoms with Gasteiger partial charge in [-0.3, -0.25) is 0 Å². The molecule has 0 spiro atoms. The average molecular weight is 629 g/mol. The van der Waals surface area contributed by atoms with Gasteiger partial charge in [-0.25, -0.2) is 4.39 Å². The molecule has 5 aromatic rings. The van der Waals surface area contributed by atoms with Crippen LogP contribution in [0.4, 0.5) is 4.39 Å². The van der Waals surface area contributed by atoms with Crippen molar-refractivity contribution in [1.29, 1.82) is 0 Å². The smallest absolute Gasteiger partial charge is 0.126 e. The Bertz CT molecular complexity index is 1510. The zero-order valence-electron chi connectivity index (χ0n) is 23.9. The molecule has 2 nitrogen and oxygen atoms in total. The Morgan fingerprint density at radius 1 is 0.706 bits per heavy atom. The van der Waals surface area contributed by atoms with Gasteiger partial charge in [0.25, 0.3) is 0 Å². The van der Waals surface area contributed by atoms with Crippen molar-refractivity contribution < 1.29 is 32.7 Å². The summed E-state index contributed by atoms with van der Waals surface area (Å²) in [5, 5.41) is 0. The van der Waals surface area contributed by atoms with Crippen LogP contribution in [0.3, 0.4) is 0 Å². The van der Waals surface area contributed by atoms with E-state index < -0.39 is 19.5 Å². The normalized spacial score (nSPS) is 13.3. The van der Waals surface area contributed by atoms with E-state index in [4.69, 9.17) is 8.22 Å². The van der Waals surface area contributed by atoms with Crippen molar-refractivity contribution in [1.82, 2.24) is 9.97 Å². The van der Waals surface area contributed by atoms with Gasteiger partial charge in [-0.15, -0.1) is 71.8 Å². The molecule has 0 bridgehead atoms. The molecular formula is C30H23FIrN2-2. The number of rotatable bonds is 3. The molecule has 0 saturated heterocycles. The Morgan fingerprint density at radius 2 is 1.35 bits per heavy atom. The van der Waals surface area contributed by atoms with Crippen molar-refractivity contribution >= 4 is 0 Å². The number of aromatic nitrogens is 2. The summed E-state index contributed by atoms with van der Waals surface area (Å²) in [5.74, 6) is -0.725. The summed E-state index contributed by atoms with van der Waals surface area (Å²) >= 11 is 0. The fourth-order valence-corrected chi connectivity index (χ4v) is 3.09. The first-order chi connectivity index (χ1) is 18.5. The van der Waals surface area contributed by atoms with Crippen molar-refractivity contribution in [2.24, 2.45) is 0 Å². The second-order valence-corrected chi connectivity index (χ2v) is 7.11. The van der Waals surface area contributed by atoms with E-state index in [9.17, 15) is 4.39 Å². The molecule has 171 valence electrons. The van der Waals surface area contributed by atoms with E-state index >= 15 is 0 Å². The molecule has 0 aliphatic carbocycles. The number of benzene rings is 3. The van der Waals surface area contributed by atoms with Crippen molar-refractivity contribution in [3.63, 3.8) is 0 Å². The molecule has 0 fully saturated rings. The zero-order valence-corrected chi connectivity index (χ0v) is 20.3. The van der Waals surface area contributed by atoms with E-state index in [1.54, 1.807) is 30.5 Å². The Labute approximate surface area is 222 Å². The minimum Gasteiger partial charge on any atom is -0.304 e. The fraction of sp³-hybridized carbons (Fsp3) is 0.0667. The van der Waals surface area contributed by atoms with Crippen molar-refractivity contribution in [2.75, 3.05) is 0 Å². The van der Waals surface area contributed by atoms with Crippen LogP contribution in [0.1, 0.15) is 19.4 Å². The summed E-state index contributed by atoms with van der Waals surface area (Å²) in [6.45, 7) is -4.57. The zero-order chi connectivity index (χ0) is 28.0. The molecule has 0 unspecified atom stereocenters. The summed E-state index contributed by atoms with van der Waals surface area (Å²) in [7, 11) is 0. The standard InChI is InChI=1S/C18H13FN.C12H10N.Ir/c1-13-11-15(7-9-17(13)19)16-8-10-18(20-12-16)14-5-3-2-4-6-14;1-10-7-8-12(13-9-10)11-5-3-2-4-6-11;/h2-5,7-12H,1H3;2-5,7-9H,1H3;/q2*-1;/i2*1D3;. The third kappa shape index (κ3) is 6.54. The van der Waals surface area contributed by atoms with Crippen LogP contribution in [0.25, 0.3) is 33.6 Å². The molecule has 0 amide bonds. The number of nitrogens with zero attached hydrogens (tertiary/aromatic N) is 2. The van der Waals surface area contributed by atoms with Crippen LogP contribution in [0.5, 0.6) is 0 Å². The molecule has 0 aliphatic rings. The molecular weight excluding hydrogens is 600 g/mol. The molecule has 5 rings (SSSR count). The van der Waals surface area contributed by atoms with Crippen LogP contribution >= 0.6 is 0 Å². The van der Waals surface area contributed by atoms with Gasteiger partial charge in [-0.2, -0.15) is 0 Å². The average Bonchev–Trinajstić information content (AvgIpc) is 2.94. The first-order valence-corrected chi connectivity index (χ1v) is 10.2. The maximum atomic E-state index is 13.7. The van der Waals surface area contributed by atoms with Gasteiger partial charge < -0.3 is 9.97 Å². The first-order valence-electron chi connectivity index (χ1n) is 13.2. The molecule has 4 heteroatoms. The van der Waals surface area contributed by atoms with Crippen LogP contribution in [-0.2, 0) is 20.1 Å². The van der Waals surface area contributed by atoms with E-state index in [1.807, 2.05) is 54.6 Å². The molecule has 2 heterocycles. The van der Waals surface area contributed by atoms with Crippen molar-refractivity contribution in [2.45, 2.75) is 13.7 Å².